The molecule has 0 saturated carbocycles. The van der Waals surface area contributed by atoms with E-state index >= 15 is 0 Å². The third-order valence-electron chi connectivity index (χ3n) is 5.31. The van der Waals surface area contributed by atoms with Crippen LogP contribution in [0.4, 0.5) is 0 Å². The van der Waals surface area contributed by atoms with Gasteiger partial charge in [0, 0.05) is 0 Å². The highest BCUT2D eigenvalue weighted by molar-refractivity contribution is 6.17. The molecule has 4 rings (SSSR count). The Bertz CT molecular complexity index is 855. The van der Waals surface area contributed by atoms with Crippen LogP contribution in [0.25, 0.3) is 23.3 Å². The summed E-state index contributed by atoms with van der Waals surface area (Å²) >= 11 is 0. The van der Waals surface area contributed by atoms with Gasteiger partial charge in [-0.15, -0.1) is 0 Å². The van der Waals surface area contributed by atoms with E-state index in [-0.39, 0.29) is 0 Å². The molecule has 0 bridgehead atoms. The summed E-state index contributed by atoms with van der Waals surface area (Å²) in [6.07, 6.45) is 18.0. The van der Waals surface area contributed by atoms with Crippen molar-refractivity contribution in [2.75, 3.05) is 0 Å². The summed E-state index contributed by atoms with van der Waals surface area (Å²) in [7, 11) is 0. The summed E-state index contributed by atoms with van der Waals surface area (Å²) in [5.41, 5.74) is 9.55. The molecule has 2 aliphatic rings. The lowest BCUT2D eigenvalue weighted by molar-refractivity contribution is 0.674. The third kappa shape index (κ3) is 3.24. The first-order valence-electron chi connectivity index (χ1n) is 9.88. The summed E-state index contributed by atoms with van der Waals surface area (Å²) < 4.78 is 0. The van der Waals surface area contributed by atoms with Crippen molar-refractivity contribution < 1.29 is 0 Å². The fourth-order valence-corrected chi connectivity index (χ4v) is 3.77. The zero-order valence-electron chi connectivity index (χ0n) is 15.5. The molecule has 2 aliphatic carbocycles. The standard InChI is InChI=1S/C26H26/c1-2-3-4-5-6-7-8-17-24(25-18-20-13-9-11-15-22(20)25)26-19-21-14-10-12-16-23(21)26/h7-19H,2-6H2,1H3. The van der Waals surface area contributed by atoms with Crippen molar-refractivity contribution in [1.29, 1.82) is 0 Å². The quantitative estimate of drug-likeness (QED) is 0.344. The number of allylic oxidation sites excluding steroid dienone is 6. The van der Waals surface area contributed by atoms with Gasteiger partial charge in [-0.25, -0.2) is 0 Å². The highest BCUT2D eigenvalue weighted by Gasteiger charge is 2.25. The van der Waals surface area contributed by atoms with E-state index in [9.17, 15) is 0 Å². The van der Waals surface area contributed by atoms with Crippen LogP contribution in [0.15, 0.2) is 72.3 Å². The SMILES string of the molecule is CCCCCCC=CC=C(C1=Cc2ccccc21)C1=Cc2ccccc21. The van der Waals surface area contributed by atoms with Crippen LogP contribution in [0, 0.1) is 0 Å². The van der Waals surface area contributed by atoms with Crippen molar-refractivity contribution in [3.8, 4) is 0 Å². The van der Waals surface area contributed by atoms with E-state index in [2.05, 4.69) is 85.8 Å². The molecule has 0 heteroatoms. The lowest BCUT2D eigenvalue weighted by atomic mass is 9.75. The Balaban J connectivity index is 1.54. The number of hydrogen-bond acceptors (Lipinski definition) is 0. The highest BCUT2D eigenvalue weighted by atomic mass is 14.3. The largest absolute Gasteiger partial charge is 0.0845 e. The average molecular weight is 338 g/mol. The smallest absolute Gasteiger partial charge is 0.00930 e. The van der Waals surface area contributed by atoms with Crippen LogP contribution in [-0.2, 0) is 0 Å². The molecule has 0 radical (unpaired) electrons. The second-order valence-corrected chi connectivity index (χ2v) is 7.15. The molecule has 0 heterocycles. The number of hydrogen-bond donors (Lipinski definition) is 0. The van der Waals surface area contributed by atoms with E-state index < -0.39 is 0 Å². The molecule has 0 atom stereocenters. The predicted molar refractivity (Wildman–Crippen MR) is 115 cm³/mol. The maximum absolute atomic E-state index is 2.33. The molecule has 2 aromatic rings. The van der Waals surface area contributed by atoms with Gasteiger partial charge >= 0.3 is 0 Å². The predicted octanol–water partition coefficient (Wildman–Crippen LogP) is 7.55. The molecule has 0 nitrogen and oxygen atoms in total. The van der Waals surface area contributed by atoms with Gasteiger partial charge in [-0.3, -0.25) is 0 Å². The Kier molecular flexibility index (Phi) is 5.02. The fraction of sp³-hybridized carbons (Fsp3) is 0.231. The highest BCUT2D eigenvalue weighted by Crippen LogP contribution is 2.47. The minimum Gasteiger partial charge on any atom is -0.0845 e. The number of rotatable bonds is 8. The molecule has 0 unspecified atom stereocenters. The molecular weight excluding hydrogens is 312 g/mol. The summed E-state index contributed by atoms with van der Waals surface area (Å²) in [6, 6.07) is 17.4. The first-order chi connectivity index (χ1) is 12.9. The van der Waals surface area contributed by atoms with Gasteiger partial charge in [0.2, 0.25) is 0 Å². The molecular formula is C26H26. The van der Waals surface area contributed by atoms with Gasteiger partial charge in [-0.1, -0.05) is 92.9 Å². The van der Waals surface area contributed by atoms with Crippen molar-refractivity contribution in [3.63, 3.8) is 0 Å². The van der Waals surface area contributed by atoms with Crippen LogP contribution in [0.5, 0.6) is 0 Å². The first kappa shape index (κ1) is 16.8. The fourth-order valence-electron chi connectivity index (χ4n) is 3.77. The normalized spacial score (nSPS) is 13.9. The molecule has 0 amide bonds. The Morgan fingerprint density at radius 2 is 1.38 bits per heavy atom. The molecule has 26 heavy (non-hydrogen) atoms. The van der Waals surface area contributed by atoms with E-state index in [1.54, 1.807) is 0 Å². The monoisotopic (exact) mass is 338 g/mol. The number of benzene rings is 2. The minimum atomic E-state index is 1.18. The van der Waals surface area contributed by atoms with Crippen LogP contribution in [0.3, 0.4) is 0 Å². The summed E-state index contributed by atoms with van der Waals surface area (Å²) in [4.78, 5) is 0. The molecule has 2 aromatic carbocycles. The Morgan fingerprint density at radius 3 is 1.96 bits per heavy atom. The zero-order chi connectivity index (χ0) is 17.8. The summed E-state index contributed by atoms with van der Waals surface area (Å²) in [5, 5.41) is 0. The van der Waals surface area contributed by atoms with E-state index in [1.807, 2.05) is 0 Å². The lowest BCUT2D eigenvalue weighted by Crippen LogP contribution is -2.07. The van der Waals surface area contributed by atoms with Crippen molar-refractivity contribution in [2.24, 2.45) is 0 Å². The van der Waals surface area contributed by atoms with Gasteiger partial charge in [0.1, 0.15) is 0 Å². The Labute approximate surface area is 157 Å². The number of unbranched alkanes of at least 4 members (excludes halogenated alkanes) is 4. The zero-order valence-corrected chi connectivity index (χ0v) is 15.5. The van der Waals surface area contributed by atoms with Gasteiger partial charge in [0.05, 0.1) is 0 Å². The molecule has 130 valence electrons. The Hall–Kier alpha value is -2.60. The minimum absolute atomic E-state index is 1.18. The van der Waals surface area contributed by atoms with E-state index in [4.69, 9.17) is 0 Å². The summed E-state index contributed by atoms with van der Waals surface area (Å²) in [5.74, 6) is 0. The third-order valence-corrected chi connectivity index (χ3v) is 5.31. The molecule has 0 spiro atoms. The number of fused-ring (bicyclic) bond motifs is 2. The maximum atomic E-state index is 2.33. The maximum Gasteiger partial charge on any atom is -0.00930 e. The van der Waals surface area contributed by atoms with Gasteiger partial charge in [0.25, 0.3) is 0 Å². The van der Waals surface area contributed by atoms with Gasteiger partial charge in [0.15, 0.2) is 0 Å². The molecule has 0 N–H and O–H groups in total. The topological polar surface area (TPSA) is 0 Å². The van der Waals surface area contributed by atoms with Gasteiger partial charge < -0.3 is 0 Å². The Morgan fingerprint density at radius 1 is 0.769 bits per heavy atom. The van der Waals surface area contributed by atoms with Crippen molar-refractivity contribution in [2.45, 2.75) is 39.0 Å². The second-order valence-electron chi connectivity index (χ2n) is 7.15. The van der Waals surface area contributed by atoms with Crippen LogP contribution in [0.1, 0.15) is 61.3 Å². The molecule has 0 aliphatic heterocycles. The van der Waals surface area contributed by atoms with Crippen LogP contribution in [0.2, 0.25) is 0 Å². The van der Waals surface area contributed by atoms with Crippen molar-refractivity contribution in [1.82, 2.24) is 0 Å². The van der Waals surface area contributed by atoms with Crippen molar-refractivity contribution >= 4 is 23.3 Å². The van der Waals surface area contributed by atoms with E-state index in [0.717, 1.165) is 0 Å². The molecule has 0 aromatic heterocycles. The van der Waals surface area contributed by atoms with E-state index in [1.165, 1.54) is 71.1 Å². The second kappa shape index (κ2) is 7.74. The van der Waals surface area contributed by atoms with E-state index in [0.29, 0.717) is 0 Å². The average Bonchev–Trinajstić information content (AvgIpc) is 2.62. The molecule has 0 fully saturated rings. The molecule has 0 saturated heterocycles. The summed E-state index contributed by atoms with van der Waals surface area (Å²) in [6.45, 7) is 2.26. The van der Waals surface area contributed by atoms with Crippen LogP contribution < -0.4 is 0 Å². The lowest BCUT2D eigenvalue weighted by Gasteiger charge is -2.28. The first-order valence-corrected chi connectivity index (χ1v) is 9.88. The van der Waals surface area contributed by atoms with Crippen molar-refractivity contribution in [3.05, 3.63) is 94.6 Å². The van der Waals surface area contributed by atoms with Gasteiger partial charge in [-0.05, 0) is 64.0 Å². The van der Waals surface area contributed by atoms with Crippen LogP contribution in [-0.4, -0.2) is 0 Å². The van der Waals surface area contributed by atoms with Gasteiger partial charge in [-0.2, -0.15) is 0 Å². The van der Waals surface area contributed by atoms with Crippen LogP contribution >= 0.6 is 0 Å².